The highest BCUT2D eigenvalue weighted by Gasteiger charge is 2.23. The zero-order valence-corrected chi connectivity index (χ0v) is 17.7. The van der Waals surface area contributed by atoms with Gasteiger partial charge in [-0.1, -0.05) is 48.5 Å². The molecule has 1 aliphatic rings. The number of sulfone groups is 1. The van der Waals surface area contributed by atoms with E-state index in [4.69, 9.17) is 0 Å². The van der Waals surface area contributed by atoms with E-state index in [-0.39, 0.29) is 11.8 Å². The summed E-state index contributed by atoms with van der Waals surface area (Å²) in [5, 5.41) is 6.51. The van der Waals surface area contributed by atoms with Crippen LogP contribution in [0.3, 0.4) is 0 Å². The maximum absolute atomic E-state index is 12.4. The maximum atomic E-state index is 12.4. The Morgan fingerprint density at radius 2 is 1.62 bits per heavy atom. The number of nitrogens with zero attached hydrogens (tertiary/aromatic N) is 2. The number of hydrogen-bond donors (Lipinski definition) is 2. The summed E-state index contributed by atoms with van der Waals surface area (Å²) in [6.07, 6.45) is 2.46. The van der Waals surface area contributed by atoms with Crippen LogP contribution in [0.25, 0.3) is 0 Å². The fourth-order valence-electron chi connectivity index (χ4n) is 3.65. The number of guanidine groups is 1. The molecular weight excluding hydrogens is 384 g/mol. The molecule has 0 spiro atoms. The number of rotatable bonds is 8. The quantitative estimate of drug-likeness (QED) is 0.513. The molecule has 1 heterocycles. The maximum Gasteiger partial charge on any atom is 0.191 e. The van der Waals surface area contributed by atoms with E-state index in [1.165, 1.54) is 18.4 Å². The summed E-state index contributed by atoms with van der Waals surface area (Å²) in [5.74, 6) is 0.639. The second-order valence-electron chi connectivity index (χ2n) is 7.18. The van der Waals surface area contributed by atoms with Crippen molar-refractivity contribution in [1.29, 1.82) is 0 Å². The van der Waals surface area contributed by atoms with Gasteiger partial charge in [-0.3, -0.25) is 9.89 Å². The van der Waals surface area contributed by atoms with Gasteiger partial charge in [-0.2, -0.15) is 0 Å². The van der Waals surface area contributed by atoms with Crippen LogP contribution in [0.5, 0.6) is 0 Å². The molecule has 0 radical (unpaired) electrons. The van der Waals surface area contributed by atoms with Crippen LogP contribution in [0.1, 0.15) is 24.4 Å². The van der Waals surface area contributed by atoms with Crippen LogP contribution in [0.4, 0.5) is 0 Å². The smallest absolute Gasteiger partial charge is 0.191 e. The molecule has 2 aromatic carbocycles. The van der Waals surface area contributed by atoms with Gasteiger partial charge in [0.1, 0.15) is 0 Å². The van der Waals surface area contributed by atoms with Crippen molar-refractivity contribution < 1.29 is 8.42 Å². The van der Waals surface area contributed by atoms with Crippen molar-refractivity contribution in [2.24, 2.45) is 4.99 Å². The average Bonchev–Trinajstić information content (AvgIpc) is 3.28. The Morgan fingerprint density at radius 3 is 2.24 bits per heavy atom. The molecule has 0 aromatic heterocycles. The summed E-state index contributed by atoms with van der Waals surface area (Å²) in [4.78, 5) is 7.10. The Labute approximate surface area is 174 Å². The zero-order valence-electron chi connectivity index (χ0n) is 16.9. The van der Waals surface area contributed by atoms with Gasteiger partial charge < -0.3 is 10.6 Å². The summed E-state index contributed by atoms with van der Waals surface area (Å²) >= 11 is 0. The first-order valence-electron chi connectivity index (χ1n) is 10.1. The van der Waals surface area contributed by atoms with E-state index in [0.717, 1.165) is 19.6 Å². The third-order valence-corrected chi connectivity index (χ3v) is 6.95. The number of likely N-dealkylation sites (tertiary alicyclic amines) is 1. The minimum atomic E-state index is -3.31. The van der Waals surface area contributed by atoms with Crippen LogP contribution in [-0.2, 0) is 9.84 Å². The summed E-state index contributed by atoms with van der Waals surface area (Å²) in [6, 6.07) is 19.3. The first kappa shape index (κ1) is 21.3. The van der Waals surface area contributed by atoms with Gasteiger partial charge in [0.05, 0.1) is 16.7 Å². The van der Waals surface area contributed by atoms with Crippen LogP contribution in [0.15, 0.2) is 70.6 Å². The Balaban J connectivity index is 1.55. The lowest BCUT2D eigenvalue weighted by molar-refractivity contribution is 0.245. The second kappa shape index (κ2) is 10.4. The summed E-state index contributed by atoms with van der Waals surface area (Å²) in [7, 11) is -1.60. The molecule has 0 aliphatic carbocycles. The third-order valence-electron chi connectivity index (χ3n) is 5.22. The predicted octanol–water partition coefficient (Wildman–Crippen LogP) is 2.46. The molecule has 2 N–H and O–H groups in total. The molecule has 0 bridgehead atoms. The molecule has 29 heavy (non-hydrogen) atoms. The standard InChI is InChI=1S/C22H30N4O2S/c1-23-22(24-14-17-29(27,28)20-12-6-3-7-13-20)25-18-21(26-15-8-9-16-26)19-10-4-2-5-11-19/h2-7,10-13,21H,8-9,14-18H2,1H3,(H2,23,24,25). The fourth-order valence-corrected chi connectivity index (χ4v) is 4.83. The zero-order chi connectivity index (χ0) is 20.5. The van der Waals surface area contributed by atoms with E-state index in [1.807, 2.05) is 12.1 Å². The van der Waals surface area contributed by atoms with Gasteiger partial charge in [-0.15, -0.1) is 0 Å². The van der Waals surface area contributed by atoms with Gasteiger partial charge in [-0.25, -0.2) is 8.42 Å². The molecule has 1 atom stereocenters. The average molecular weight is 415 g/mol. The van der Waals surface area contributed by atoms with E-state index in [9.17, 15) is 8.42 Å². The van der Waals surface area contributed by atoms with Crippen molar-refractivity contribution in [2.75, 3.05) is 39.0 Å². The van der Waals surface area contributed by atoms with Gasteiger partial charge in [0.2, 0.25) is 0 Å². The number of nitrogens with one attached hydrogen (secondary N) is 2. The van der Waals surface area contributed by atoms with Crippen LogP contribution < -0.4 is 10.6 Å². The Kier molecular flexibility index (Phi) is 7.66. The first-order valence-corrected chi connectivity index (χ1v) is 11.8. The molecule has 1 fully saturated rings. The topological polar surface area (TPSA) is 73.8 Å². The molecule has 1 unspecified atom stereocenters. The molecule has 1 saturated heterocycles. The molecule has 156 valence electrons. The normalized spacial score (nSPS) is 16.5. The highest BCUT2D eigenvalue weighted by molar-refractivity contribution is 7.91. The largest absolute Gasteiger partial charge is 0.355 e. The Hall–Kier alpha value is -2.38. The number of aliphatic imine (C=N–C) groups is 1. The predicted molar refractivity (Wildman–Crippen MR) is 118 cm³/mol. The number of hydrogen-bond acceptors (Lipinski definition) is 4. The highest BCUT2D eigenvalue weighted by Crippen LogP contribution is 2.24. The molecule has 1 aliphatic heterocycles. The first-order chi connectivity index (χ1) is 14.1. The van der Waals surface area contributed by atoms with E-state index in [1.54, 1.807) is 31.3 Å². The lowest BCUT2D eigenvalue weighted by Crippen LogP contribution is -2.43. The van der Waals surface area contributed by atoms with Crippen LogP contribution in [0.2, 0.25) is 0 Å². The molecular formula is C22H30N4O2S. The van der Waals surface area contributed by atoms with E-state index in [2.05, 4.69) is 44.8 Å². The molecule has 2 aromatic rings. The molecule has 7 heteroatoms. The fraction of sp³-hybridized carbons (Fsp3) is 0.409. The van der Waals surface area contributed by atoms with Crippen molar-refractivity contribution >= 4 is 15.8 Å². The van der Waals surface area contributed by atoms with Crippen LogP contribution >= 0.6 is 0 Å². The van der Waals surface area contributed by atoms with E-state index in [0.29, 0.717) is 17.4 Å². The van der Waals surface area contributed by atoms with Gasteiger partial charge >= 0.3 is 0 Å². The summed E-state index contributed by atoms with van der Waals surface area (Å²) < 4.78 is 24.8. The van der Waals surface area contributed by atoms with Crippen LogP contribution in [-0.4, -0.2) is 58.3 Å². The van der Waals surface area contributed by atoms with Crippen molar-refractivity contribution in [1.82, 2.24) is 15.5 Å². The van der Waals surface area contributed by atoms with Crippen molar-refractivity contribution in [3.8, 4) is 0 Å². The molecule has 0 saturated carbocycles. The molecule has 3 rings (SSSR count). The van der Waals surface area contributed by atoms with Gasteiger partial charge in [0.25, 0.3) is 0 Å². The summed E-state index contributed by atoms with van der Waals surface area (Å²) in [6.45, 7) is 3.22. The van der Waals surface area contributed by atoms with Crippen molar-refractivity contribution in [3.05, 3.63) is 66.2 Å². The minimum absolute atomic E-state index is 0.0198. The lowest BCUT2D eigenvalue weighted by atomic mass is 10.1. The SMILES string of the molecule is CN=C(NCCS(=O)(=O)c1ccccc1)NCC(c1ccccc1)N1CCCC1. The molecule has 6 nitrogen and oxygen atoms in total. The van der Waals surface area contributed by atoms with Crippen LogP contribution in [0, 0.1) is 0 Å². The minimum Gasteiger partial charge on any atom is -0.355 e. The third kappa shape index (κ3) is 6.05. The van der Waals surface area contributed by atoms with Crippen molar-refractivity contribution in [3.63, 3.8) is 0 Å². The van der Waals surface area contributed by atoms with Gasteiger partial charge in [-0.05, 0) is 43.6 Å². The van der Waals surface area contributed by atoms with E-state index >= 15 is 0 Å². The lowest BCUT2D eigenvalue weighted by Gasteiger charge is -2.29. The Morgan fingerprint density at radius 1 is 1.00 bits per heavy atom. The van der Waals surface area contributed by atoms with Crippen molar-refractivity contribution in [2.45, 2.75) is 23.8 Å². The number of benzene rings is 2. The summed E-state index contributed by atoms with van der Waals surface area (Å²) in [5.41, 5.74) is 1.28. The Bertz CT molecular complexity index is 880. The second-order valence-corrected chi connectivity index (χ2v) is 9.29. The molecule has 0 amide bonds. The van der Waals surface area contributed by atoms with Gasteiger partial charge in [0, 0.05) is 20.1 Å². The van der Waals surface area contributed by atoms with Gasteiger partial charge in [0.15, 0.2) is 15.8 Å². The highest BCUT2D eigenvalue weighted by atomic mass is 32.2. The monoisotopic (exact) mass is 414 g/mol. The van der Waals surface area contributed by atoms with E-state index < -0.39 is 9.84 Å².